The average molecular weight is 439 g/mol. The number of nitriles is 1. The number of rotatable bonds is 3. The van der Waals surface area contributed by atoms with Crippen LogP contribution in [-0.2, 0) is 4.79 Å². The van der Waals surface area contributed by atoms with Gasteiger partial charge in [0.1, 0.15) is 17.4 Å². The number of phenols is 1. The van der Waals surface area contributed by atoms with Gasteiger partial charge in [0.15, 0.2) is 0 Å². The summed E-state index contributed by atoms with van der Waals surface area (Å²) in [5.74, 6) is -0.571. The lowest BCUT2D eigenvalue weighted by Crippen LogP contribution is -2.13. The zero-order valence-electron chi connectivity index (χ0n) is 12.1. The van der Waals surface area contributed by atoms with Gasteiger partial charge in [0.05, 0.1) is 3.57 Å². The third-order valence-electron chi connectivity index (χ3n) is 3.00. The van der Waals surface area contributed by atoms with Crippen molar-refractivity contribution in [3.05, 3.63) is 61.7 Å². The predicted octanol–water partition coefficient (Wildman–Crippen LogP) is 4.50. The Morgan fingerprint density at radius 1 is 1.39 bits per heavy atom. The van der Waals surface area contributed by atoms with Gasteiger partial charge in [-0.15, -0.1) is 0 Å². The third kappa shape index (κ3) is 4.47. The molecular formula is C17H12ClIN2O2. The maximum Gasteiger partial charge on any atom is 0.266 e. The second kappa shape index (κ2) is 7.49. The molecule has 0 spiro atoms. The number of anilines is 1. The van der Waals surface area contributed by atoms with E-state index in [0.29, 0.717) is 19.8 Å². The highest BCUT2D eigenvalue weighted by Crippen LogP contribution is 2.30. The molecule has 4 nitrogen and oxygen atoms in total. The van der Waals surface area contributed by atoms with Gasteiger partial charge in [-0.25, -0.2) is 0 Å². The SMILES string of the molecule is Cc1cccc(NC(=O)/C(C#N)=C\c2cc(Cl)cc(I)c2O)c1. The Labute approximate surface area is 152 Å². The number of nitrogens with zero attached hydrogens (tertiary/aromatic N) is 1. The van der Waals surface area contributed by atoms with Crippen molar-refractivity contribution < 1.29 is 9.90 Å². The Hall–Kier alpha value is -2.04. The van der Waals surface area contributed by atoms with Gasteiger partial charge in [-0.3, -0.25) is 4.79 Å². The van der Waals surface area contributed by atoms with Crippen LogP contribution in [0.3, 0.4) is 0 Å². The minimum atomic E-state index is -0.549. The Bertz CT molecular complexity index is 841. The molecule has 2 aromatic rings. The van der Waals surface area contributed by atoms with E-state index in [1.165, 1.54) is 12.1 Å². The summed E-state index contributed by atoms with van der Waals surface area (Å²) in [6, 6.07) is 12.2. The van der Waals surface area contributed by atoms with Crippen LogP contribution < -0.4 is 5.32 Å². The van der Waals surface area contributed by atoms with E-state index in [0.717, 1.165) is 5.56 Å². The van der Waals surface area contributed by atoms with Crippen molar-refractivity contribution in [2.75, 3.05) is 5.32 Å². The lowest BCUT2D eigenvalue weighted by Gasteiger charge is -2.07. The minimum absolute atomic E-state index is 0.0221. The molecule has 0 aliphatic rings. The number of benzene rings is 2. The molecule has 0 aliphatic carbocycles. The zero-order valence-corrected chi connectivity index (χ0v) is 15.0. The van der Waals surface area contributed by atoms with Gasteiger partial charge in [-0.2, -0.15) is 5.26 Å². The van der Waals surface area contributed by atoms with Crippen LogP contribution in [0.4, 0.5) is 5.69 Å². The summed E-state index contributed by atoms with van der Waals surface area (Å²) >= 11 is 7.87. The van der Waals surface area contributed by atoms with Crippen LogP contribution in [0.25, 0.3) is 6.08 Å². The van der Waals surface area contributed by atoms with E-state index in [9.17, 15) is 15.2 Å². The number of halogens is 2. The van der Waals surface area contributed by atoms with Crippen LogP contribution >= 0.6 is 34.2 Å². The van der Waals surface area contributed by atoms with Gasteiger partial charge < -0.3 is 10.4 Å². The molecule has 0 saturated carbocycles. The normalized spacial score (nSPS) is 11.0. The molecule has 0 atom stereocenters. The van der Waals surface area contributed by atoms with Crippen LogP contribution in [0.15, 0.2) is 42.0 Å². The highest BCUT2D eigenvalue weighted by atomic mass is 127. The van der Waals surface area contributed by atoms with Crippen molar-refractivity contribution >= 4 is 51.9 Å². The zero-order chi connectivity index (χ0) is 17.0. The Balaban J connectivity index is 2.32. The van der Waals surface area contributed by atoms with Crippen molar-refractivity contribution in [1.29, 1.82) is 5.26 Å². The summed E-state index contributed by atoms with van der Waals surface area (Å²) in [6.07, 6.45) is 1.31. The summed E-state index contributed by atoms with van der Waals surface area (Å²) < 4.78 is 0.540. The Morgan fingerprint density at radius 2 is 2.13 bits per heavy atom. The molecule has 0 radical (unpaired) electrons. The number of aromatic hydroxyl groups is 1. The van der Waals surface area contributed by atoms with Crippen molar-refractivity contribution in [3.8, 4) is 11.8 Å². The number of aryl methyl sites for hydroxylation is 1. The van der Waals surface area contributed by atoms with Crippen LogP contribution in [0.2, 0.25) is 5.02 Å². The molecule has 2 aromatic carbocycles. The molecule has 0 heterocycles. The van der Waals surface area contributed by atoms with Crippen molar-refractivity contribution in [2.45, 2.75) is 6.92 Å². The van der Waals surface area contributed by atoms with Crippen LogP contribution in [-0.4, -0.2) is 11.0 Å². The summed E-state index contributed by atoms with van der Waals surface area (Å²) in [5, 5.41) is 22.3. The topological polar surface area (TPSA) is 73.1 Å². The first-order valence-electron chi connectivity index (χ1n) is 6.58. The van der Waals surface area contributed by atoms with Gasteiger partial charge in [0.25, 0.3) is 5.91 Å². The van der Waals surface area contributed by atoms with Crippen molar-refractivity contribution in [2.24, 2.45) is 0 Å². The quantitative estimate of drug-likeness (QED) is 0.421. The molecule has 2 N–H and O–H groups in total. The molecule has 1 amide bonds. The summed E-state index contributed by atoms with van der Waals surface area (Å²) in [4.78, 5) is 12.2. The Kier molecular flexibility index (Phi) is 5.64. The first kappa shape index (κ1) is 17.3. The number of phenolic OH excluding ortho intramolecular Hbond substituents is 1. The van der Waals surface area contributed by atoms with Gasteiger partial charge in [0.2, 0.25) is 0 Å². The average Bonchev–Trinajstić information content (AvgIpc) is 2.49. The molecule has 0 unspecified atom stereocenters. The van der Waals surface area contributed by atoms with E-state index in [4.69, 9.17) is 11.6 Å². The lowest BCUT2D eigenvalue weighted by molar-refractivity contribution is -0.112. The predicted molar refractivity (Wildman–Crippen MR) is 99.2 cm³/mol. The first-order chi connectivity index (χ1) is 10.9. The van der Waals surface area contributed by atoms with Gasteiger partial charge in [-0.1, -0.05) is 23.7 Å². The maximum absolute atomic E-state index is 12.2. The fourth-order valence-electron chi connectivity index (χ4n) is 1.92. The van der Waals surface area contributed by atoms with Crippen molar-refractivity contribution in [1.82, 2.24) is 0 Å². The van der Waals surface area contributed by atoms with E-state index < -0.39 is 5.91 Å². The monoisotopic (exact) mass is 438 g/mol. The summed E-state index contributed by atoms with van der Waals surface area (Å²) in [5.41, 5.74) is 1.78. The number of carbonyl (C=O) groups excluding carboxylic acids is 1. The van der Waals surface area contributed by atoms with Crippen LogP contribution in [0.5, 0.6) is 5.75 Å². The highest BCUT2D eigenvalue weighted by Gasteiger charge is 2.12. The van der Waals surface area contributed by atoms with E-state index in [2.05, 4.69) is 5.32 Å². The van der Waals surface area contributed by atoms with E-state index >= 15 is 0 Å². The van der Waals surface area contributed by atoms with Gasteiger partial charge in [-0.05, 0) is 65.4 Å². The number of hydrogen-bond donors (Lipinski definition) is 2. The number of amides is 1. The van der Waals surface area contributed by atoms with E-state index in [1.54, 1.807) is 18.2 Å². The molecule has 6 heteroatoms. The van der Waals surface area contributed by atoms with Crippen LogP contribution in [0.1, 0.15) is 11.1 Å². The summed E-state index contributed by atoms with van der Waals surface area (Å²) in [6.45, 7) is 1.91. The second-order valence-corrected chi connectivity index (χ2v) is 6.42. The Morgan fingerprint density at radius 3 is 2.78 bits per heavy atom. The van der Waals surface area contributed by atoms with E-state index in [1.807, 2.05) is 47.7 Å². The fourth-order valence-corrected chi connectivity index (χ4v) is 2.98. The second-order valence-electron chi connectivity index (χ2n) is 4.82. The van der Waals surface area contributed by atoms with Gasteiger partial charge in [0, 0.05) is 16.3 Å². The molecule has 116 valence electrons. The number of nitrogens with one attached hydrogen (secondary N) is 1. The molecule has 0 fully saturated rings. The minimum Gasteiger partial charge on any atom is -0.506 e. The molecule has 2 rings (SSSR count). The van der Waals surface area contributed by atoms with Gasteiger partial charge >= 0.3 is 0 Å². The van der Waals surface area contributed by atoms with Crippen LogP contribution in [0, 0.1) is 21.8 Å². The summed E-state index contributed by atoms with van der Waals surface area (Å²) in [7, 11) is 0. The third-order valence-corrected chi connectivity index (χ3v) is 4.04. The molecular weight excluding hydrogens is 427 g/mol. The molecule has 0 bridgehead atoms. The number of hydrogen-bond acceptors (Lipinski definition) is 3. The molecule has 23 heavy (non-hydrogen) atoms. The fraction of sp³-hybridized carbons (Fsp3) is 0.0588. The molecule has 0 aromatic heterocycles. The van der Waals surface area contributed by atoms with Crippen molar-refractivity contribution in [3.63, 3.8) is 0 Å². The highest BCUT2D eigenvalue weighted by molar-refractivity contribution is 14.1. The molecule has 0 saturated heterocycles. The maximum atomic E-state index is 12.2. The number of carbonyl (C=O) groups is 1. The smallest absolute Gasteiger partial charge is 0.266 e. The first-order valence-corrected chi connectivity index (χ1v) is 8.04. The molecule has 0 aliphatic heterocycles. The lowest BCUT2D eigenvalue weighted by atomic mass is 10.1. The standard InChI is InChI=1S/C17H12ClIN2O2/c1-10-3-2-4-14(5-10)21-17(23)12(9-20)6-11-7-13(18)8-15(19)16(11)22/h2-8,22H,1H3,(H,21,23)/b12-6-. The largest absolute Gasteiger partial charge is 0.506 e. The van der Waals surface area contributed by atoms with E-state index in [-0.39, 0.29) is 11.3 Å².